The number of halogens is 1. The second kappa shape index (κ2) is 9.68. The molecule has 1 aliphatic rings. The summed E-state index contributed by atoms with van der Waals surface area (Å²) in [4.78, 5) is 34.0. The van der Waals surface area contributed by atoms with E-state index in [0.29, 0.717) is 11.3 Å². The number of pyridine rings is 1. The van der Waals surface area contributed by atoms with Crippen molar-refractivity contribution in [3.63, 3.8) is 0 Å². The molecule has 1 atom stereocenters. The molecule has 9 heteroatoms. The van der Waals surface area contributed by atoms with E-state index >= 15 is 0 Å². The average molecular weight is 494 g/mol. The van der Waals surface area contributed by atoms with Crippen molar-refractivity contribution in [1.29, 1.82) is 0 Å². The number of carbonyl (C=O) groups is 2. The summed E-state index contributed by atoms with van der Waals surface area (Å²) in [5.74, 6) is -1.47. The van der Waals surface area contributed by atoms with Crippen LogP contribution in [0.3, 0.4) is 0 Å². The van der Waals surface area contributed by atoms with Crippen LogP contribution in [0.15, 0.2) is 66.5 Å². The average Bonchev–Trinajstić information content (AvgIpc) is 3.14. The van der Waals surface area contributed by atoms with Gasteiger partial charge in [0.15, 0.2) is 0 Å². The quantitative estimate of drug-likeness (QED) is 0.308. The zero-order valence-electron chi connectivity index (χ0n) is 19.7. The smallest absolute Gasteiger partial charge is 0.300 e. The van der Waals surface area contributed by atoms with E-state index in [1.54, 1.807) is 36.7 Å². The number of aliphatic hydroxyl groups is 1. The third-order valence-corrected chi connectivity index (χ3v) is 6.13. The Morgan fingerprint density at radius 3 is 2.20 bits per heavy atom. The van der Waals surface area contributed by atoms with Crippen molar-refractivity contribution in [2.75, 3.05) is 38.1 Å². The van der Waals surface area contributed by atoms with Crippen LogP contribution in [-0.2, 0) is 9.59 Å². The molecule has 35 heavy (non-hydrogen) atoms. The Morgan fingerprint density at radius 2 is 1.63 bits per heavy atom. The predicted molar refractivity (Wildman–Crippen MR) is 134 cm³/mol. The second-order valence-electron chi connectivity index (χ2n) is 8.05. The molecule has 1 saturated heterocycles. The highest BCUT2D eigenvalue weighted by Gasteiger charge is 2.47. The van der Waals surface area contributed by atoms with Gasteiger partial charge in [-0.05, 0) is 48.0 Å². The van der Waals surface area contributed by atoms with Gasteiger partial charge in [0, 0.05) is 43.9 Å². The summed E-state index contributed by atoms with van der Waals surface area (Å²) >= 11 is 6.22. The first-order valence-electron chi connectivity index (χ1n) is 10.7. The second-order valence-corrected chi connectivity index (χ2v) is 8.45. The largest absolute Gasteiger partial charge is 0.507 e. The van der Waals surface area contributed by atoms with Gasteiger partial charge < -0.3 is 19.5 Å². The van der Waals surface area contributed by atoms with Crippen LogP contribution in [0.4, 0.5) is 11.4 Å². The number of Topliss-reactive ketones (excluding diaryl/α,β-unsaturated/α-hetero) is 1. The number of amides is 1. The van der Waals surface area contributed by atoms with Gasteiger partial charge >= 0.3 is 0 Å². The minimum absolute atomic E-state index is 0.0828. The summed E-state index contributed by atoms with van der Waals surface area (Å²) in [5, 5.41) is 11.7. The maximum absolute atomic E-state index is 13.4. The van der Waals surface area contributed by atoms with E-state index in [1.807, 2.05) is 31.1 Å². The van der Waals surface area contributed by atoms with E-state index in [0.717, 1.165) is 5.69 Å². The van der Waals surface area contributed by atoms with Crippen LogP contribution < -0.4 is 19.3 Å². The lowest BCUT2D eigenvalue weighted by Crippen LogP contribution is -2.29. The fraction of sp³-hybridized carbons (Fsp3) is 0.192. The number of aromatic nitrogens is 1. The molecule has 0 radical (unpaired) electrons. The number of carbonyl (C=O) groups excluding carboxylic acids is 2. The number of rotatable bonds is 6. The molecule has 1 unspecified atom stereocenters. The van der Waals surface area contributed by atoms with E-state index in [9.17, 15) is 14.7 Å². The first-order chi connectivity index (χ1) is 16.8. The van der Waals surface area contributed by atoms with Gasteiger partial charge in [-0.2, -0.15) is 0 Å². The molecule has 2 heterocycles. The number of ether oxygens (including phenoxy) is 2. The summed E-state index contributed by atoms with van der Waals surface area (Å²) < 4.78 is 10.7. The van der Waals surface area contributed by atoms with Gasteiger partial charge in [0.2, 0.25) is 0 Å². The van der Waals surface area contributed by atoms with Crippen LogP contribution in [0.5, 0.6) is 11.5 Å². The topological polar surface area (TPSA) is 92.2 Å². The van der Waals surface area contributed by atoms with Crippen LogP contribution in [-0.4, -0.2) is 50.1 Å². The van der Waals surface area contributed by atoms with Gasteiger partial charge in [0.1, 0.15) is 17.3 Å². The molecule has 1 aliphatic heterocycles. The first kappa shape index (κ1) is 24.1. The van der Waals surface area contributed by atoms with Gasteiger partial charge in [0.05, 0.1) is 36.4 Å². The molecule has 1 amide bonds. The minimum Gasteiger partial charge on any atom is -0.507 e. The standard InChI is InChI=1S/C26H24ClN3O5/c1-29(2)16-5-7-17(8-6-16)30-23(15-9-11-28-12-10-15)22(25(32)26(30)33)24(31)18-13-21(35-4)19(27)14-20(18)34-3/h5-14,23,31H,1-4H3/b24-22+. The van der Waals surface area contributed by atoms with Gasteiger partial charge in [-0.15, -0.1) is 0 Å². The highest BCUT2D eigenvalue weighted by molar-refractivity contribution is 6.51. The maximum atomic E-state index is 13.4. The van der Waals surface area contributed by atoms with Crippen LogP contribution in [0.2, 0.25) is 5.02 Å². The Morgan fingerprint density at radius 1 is 1.00 bits per heavy atom. The highest BCUT2D eigenvalue weighted by Crippen LogP contribution is 2.44. The number of ketones is 1. The molecule has 3 aromatic rings. The minimum atomic E-state index is -0.894. The van der Waals surface area contributed by atoms with Crippen LogP contribution in [0.1, 0.15) is 17.2 Å². The molecule has 0 bridgehead atoms. The lowest BCUT2D eigenvalue weighted by atomic mass is 9.95. The van der Waals surface area contributed by atoms with Crippen molar-refractivity contribution in [2.45, 2.75) is 6.04 Å². The van der Waals surface area contributed by atoms with Gasteiger partial charge in [-0.3, -0.25) is 19.5 Å². The van der Waals surface area contributed by atoms with Crippen molar-refractivity contribution in [1.82, 2.24) is 4.98 Å². The van der Waals surface area contributed by atoms with E-state index in [1.165, 1.54) is 31.3 Å². The monoisotopic (exact) mass is 493 g/mol. The molecular weight excluding hydrogens is 470 g/mol. The molecule has 4 rings (SSSR count). The molecule has 0 aliphatic carbocycles. The Kier molecular flexibility index (Phi) is 6.66. The third-order valence-electron chi connectivity index (χ3n) is 5.84. The third kappa shape index (κ3) is 4.28. The predicted octanol–water partition coefficient (Wildman–Crippen LogP) is 4.44. The van der Waals surface area contributed by atoms with E-state index in [-0.39, 0.29) is 27.7 Å². The van der Waals surface area contributed by atoms with Gasteiger partial charge in [-0.25, -0.2) is 0 Å². The summed E-state index contributed by atoms with van der Waals surface area (Å²) in [6.07, 6.45) is 3.13. The van der Waals surface area contributed by atoms with E-state index in [2.05, 4.69) is 4.98 Å². The molecule has 0 spiro atoms. The highest BCUT2D eigenvalue weighted by atomic mass is 35.5. The molecular formula is C26H24ClN3O5. The SMILES string of the molecule is COc1cc(/C(O)=C2\C(=O)C(=O)N(c3ccc(N(C)C)cc3)C2c2ccncc2)c(OC)cc1Cl. The van der Waals surface area contributed by atoms with Crippen LogP contribution in [0.25, 0.3) is 5.76 Å². The van der Waals surface area contributed by atoms with Crippen molar-refractivity contribution < 1.29 is 24.2 Å². The number of anilines is 2. The molecule has 0 saturated carbocycles. The summed E-state index contributed by atoms with van der Waals surface area (Å²) in [7, 11) is 6.67. The number of hydrogen-bond donors (Lipinski definition) is 1. The summed E-state index contributed by atoms with van der Waals surface area (Å²) in [5.41, 5.74) is 2.15. The van der Waals surface area contributed by atoms with E-state index in [4.69, 9.17) is 21.1 Å². The zero-order chi connectivity index (χ0) is 25.3. The molecule has 2 aromatic carbocycles. The Hall–Kier alpha value is -4.04. The Balaban J connectivity index is 1.95. The molecule has 1 aromatic heterocycles. The number of hydrogen-bond acceptors (Lipinski definition) is 7. The normalized spacial score (nSPS) is 16.9. The lowest BCUT2D eigenvalue weighted by Gasteiger charge is -2.26. The van der Waals surface area contributed by atoms with Crippen molar-refractivity contribution in [3.8, 4) is 11.5 Å². The van der Waals surface area contributed by atoms with E-state index < -0.39 is 23.5 Å². The molecule has 1 fully saturated rings. The maximum Gasteiger partial charge on any atom is 0.300 e. The number of methoxy groups -OCH3 is 2. The Labute approximate surface area is 208 Å². The summed E-state index contributed by atoms with van der Waals surface area (Å²) in [6.45, 7) is 0. The van der Waals surface area contributed by atoms with Crippen molar-refractivity contribution in [3.05, 3.63) is 82.6 Å². The lowest BCUT2D eigenvalue weighted by molar-refractivity contribution is -0.132. The fourth-order valence-electron chi connectivity index (χ4n) is 4.06. The number of nitrogens with zero attached hydrogens (tertiary/aromatic N) is 3. The first-order valence-corrected chi connectivity index (χ1v) is 11.1. The van der Waals surface area contributed by atoms with Crippen LogP contribution >= 0.6 is 11.6 Å². The van der Waals surface area contributed by atoms with Crippen LogP contribution in [0, 0.1) is 0 Å². The van der Waals surface area contributed by atoms with Gasteiger partial charge in [-0.1, -0.05) is 11.6 Å². The number of aliphatic hydroxyl groups excluding tert-OH is 1. The molecule has 8 nitrogen and oxygen atoms in total. The Bertz CT molecular complexity index is 1310. The van der Waals surface area contributed by atoms with Crippen molar-refractivity contribution >= 4 is 40.4 Å². The molecule has 180 valence electrons. The summed E-state index contributed by atoms with van der Waals surface area (Å²) in [6, 6.07) is 12.7. The van der Waals surface area contributed by atoms with Gasteiger partial charge in [0.25, 0.3) is 11.7 Å². The zero-order valence-corrected chi connectivity index (χ0v) is 20.4. The number of benzene rings is 2. The molecule has 1 N–H and O–H groups in total. The fourth-order valence-corrected chi connectivity index (χ4v) is 4.29. The van der Waals surface area contributed by atoms with Crippen molar-refractivity contribution in [2.24, 2.45) is 0 Å².